The maximum absolute atomic E-state index is 14.3. The number of hydrogen-bond donors (Lipinski definition) is 6. The van der Waals surface area contributed by atoms with Crippen LogP contribution in [0.5, 0.6) is 0 Å². The van der Waals surface area contributed by atoms with Gasteiger partial charge in [-0.25, -0.2) is 9.97 Å². The zero-order valence-corrected chi connectivity index (χ0v) is 29.9. The third kappa shape index (κ3) is 8.00. The fourth-order valence-electron chi connectivity index (χ4n) is 7.99. The Labute approximate surface area is 317 Å². The van der Waals surface area contributed by atoms with E-state index in [4.69, 9.17) is 0 Å². The van der Waals surface area contributed by atoms with E-state index >= 15 is 0 Å². The summed E-state index contributed by atoms with van der Waals surface area (Å²) in [6.45, 7) is 0. The lowest BCUT2D eigenvalue weighted by atomic mass is 9.81. The standard InChI is InChI=1S/C38H38F6N10O2/c39-37(40,41)27-17-46-36(53-33(27)47-20-5-1-2-6-20)50-22-10-11-29-25(14-22)24(16-31(56)51-29)26-15-23(13-19-9-12-30(55)52-32(19)26)48-34-28(38(42,43)44)18-45-35(54-34)49-21-7-3-4-8-21/h10-11,13-15,17-18,20-21,24H,1-9,12,16H2,(H,51,56)(H,52,55)(H2,45,48,49,54)(H2,46,47,50,53). The molecule has 2 amide bonds. The molecular weight excluding hydrogens is 742 g/mol. The number of aromatic nitrogens is 4. The van der Waals surface area contributed by atoms with E-state index in [2.05, 4.69) is 51.8 Å². The maximum Gasteiger partial charge on any atom is 0.421 e. The highest BCUT2D eigenvalue weighted by molar-refractivity contribution is 5.99. The van der Waals surface area contributed by atoms with Crippen LogP contribution in [-0.4, -0.2) is 43.8 Å². The van der Waals surface area contributed by atoms with Crippen molar-refractivity contribution in [3.05, 3.63) is 70.5 Å². The van der Waals surface area contributed by atoms with Crippen LogP contribution in [0, 0.1) is 0 Å². The Morgan fingerprint density at radius 3 is 1.96 bits per heavy atom. The van der Waals surface area contributed by atoms with Crippen molar-refractivity contribution in [2.24, 2.45) is 0 Å². The first-order valence-electron chi connectivity index (χ1n) is 18.6. The van der Waals surface area contributed by atoms with Gasteiger partial charge in [-0.1, -0.05) is 25.7 Å². The third-order valence-corrected chi connectivity index (χ3v) is 10.7. The Morgan fingerprint density at radius 2 is 1.27 bits per heavy atom. The molecule has 2 aliphatic carbocycles. The van der Waals surface area contributed by atoms with Crippen LogP contribution in [0.3, 0.4) is 0 Å². The number of nitrogens with zero attached hydrogens (tertiary/aromatic N) is 4. The molecule has 1 unspecified atom stereocenters. The van der Waals surface area contributed by atoms with Gasteiger partial charge in [-0.15, -0.1) is 0 Å². The van der Waals surface area contributed by atoms with Crippen LogP contribution in [0.1, 0.15) is 97.9 Å². The zero-order valence-electron chi connectivity index (χ0n) is 29.9. The smallest absolute Gasteiger partial charge is 0.367 e. The number of fused-ring (bicyclic) bond motifs is 2. The van der Waals surface area contributed by atoms with Crippen molar-refractivity contribution in [2.45, 2.75) is 101 Å². The van der Waals surface area contributed by atoms with E-state index < -0.39 is 35.2 Å². The van der Waals surface area contributed by atoms with E-state index in [1.165, 1.54) is 0 Å². The van der Waals surface area contributed by atoms with E-state index in [1.54, 1.807) is 30.3 Å². The molecule has 6 N–H and O–H groups in total. The van der Waals surface area contributed by atoms with Crippen molar-refractivity contribution in [2.75, 3.05) is 31.9 Å². The molecule has 56 heavy (non-hydrogen) atoms. The number of carbonyl (C=O) groups excluding carboxylic acids is 2. The van der Waals surface area contributed by atoms with E-state index in [9.17, 15) is 35.9 Å². The van der Waals surface area contributed by atoms with E-state index in [1.807, 2.05) is 0 Å². The molecule has 2 aliphatic heterocycles. The van der Waals surface area contributed by atoms with Crippen LogP contribution in [0.4, 0.5) is 72.6 Å². The summed E-state index contributed by atoms with van der Waals surface area (Å²) in [6, 6.07) is 8.12. The zero-order chi connectivity index (χ0) is 39.2. The van der Waals surface area contributed by atoms with Crippen molar-refractivity contribution in [1.82, 2.24) is 19.9 Å². The highest BCUT2D eigenvalue weighted by Crippen LogP contribution is 2.46. The van der Waals surface area contributed by atoms with Gasteiger partial charge in [0.25, 0.3) is 0 Å². The highest BCUT2D eigenvalue weighted by Gasteiger charge is 2.38. The summed E-state index contributed by atoms with van der Waals surface area (Å²) in [5.41, 5.74) is 1.24. The average molecular weight is 781 g/mol. The molecule has 12 nitrogen and oxygen atoms in total. The number of carbonyl (C=O) groups is 2. The van der Waals surface area contributed by atoms with Crippen LogP contribution in [0.15, 0.2) is 42.7 Å². The second kappa shape index (κ2) is 14.8. The van der Waals surface area contributed by atoms with Crippen LogP contribution >= 0.6 is 0 Å². The number of benzene rings is 2. The number of alkyl halides is 6. The number of nitrogens with one attached hydrogen (secondary N) is 6. The average Bonchev–Trinajstić information content (AvgIpc) is 3.85. The molecule has 0 bridgehead atoms. The first-order chi connectivity index (χ1) is 26.8. The fraction of sp³-hybridized carbons (Fsp3) is 0.421. The highest BCUT2D eigenvalue weighted by atomic mass is 19.4. The minimum atomic E-state index is -4.77. The maximum atomic E-state index is 14.3. The molecule has 4 heterocycles. The molecule has 4 aromatic rings. The Bertz CT molecular complexity index is 2170. The van der Waals surface area contributed by atoms with Gasteiger partial charge in [0.2, 0.25) is 23.7 Å². The summed E-state index contributed by atoms with van der Waals surface area (Å²) >= 11 is 0. The minimum absolute atomic E-state index is 0.0527. The Hall–Kier alpha value is -5.68. The summed E-state index contributed by atoms with van der Waals surface area (Å²) in [6.07, 6.45) is -0.627. The third-order valence-electron chi connectivity index (χ3n) is 10.7. The first-order valence-corrected chi connectivity index (χ1v) is 18.6. The van der Waals surface area contributed by atoms with Crippen LogP contribution < -0.4 is 31.9 Å². The normalized spacial score (nSPS) is 18.9. The summed E-state index contributed by atoms with van der Waals surface area (Å²) in [4.78, 5) is 42.2. The molecule has 18 heteroatoms. The lowest BCUT2D eigenvalue weighted by Crippen LogP contribution is -2.26. The summed E-state index contributed by atoms with van der Waals surface area (Å²) in [5.74, 6) is -2.08. The lowest BCUT2D eigenvalue weighted by Gasteiger charge is -2.31. The molecular formula is C38H38F6N10O2. The van der Waals surface area contributed by atoms with Gasteiger partial charge in [-0.05, 0) is 79.1 Å². The number of halogens is 6. The Balaban J connectivity index is 1.15. The van der Waals surface area contributed by atoms with Gasteiger partial charge in [-0.2, -0.15) is 36.3 Å². The van der Waals surface area contributed by atoms with Crippen molar-refractivity contribution in [1.29, 1.82) is 0 Å². The van der Waals surface area contributed by atoms with Crippen molar-refractivity contribution >= 4 is 58.1 Å². The van der Waals surface area contributed by atoms with Crippen molar-refractivity contribution in [3.63, 3.8) is 0 Å². The number of hydrogen-bond acceptors (Lipinski definition) is 10. The lowest BCUT2D eigenvalue weighted by molar-refractivity contribution is -0.138. The fourth-order valence-corrected chi connectivity index (χ4v) is 7.99. The molecule has 4 aliphatic rings. The predicted molar refractivity (Wildman–Crippen MR) is 197 cm³/mol. The molecule has 2 aromatic carbocycles. The summed E-state index contributed by atoms with van der Waals surface area (Å²) < 4.78 is 84.5. The van der Waals surface area contributed by atoms with Gasteiger partial charge in [0.15, 0.2) is 0 Å². The summed E-state index contributed by atoms with van der Waals surface area (Å²) in [7, 11) is 0. The van der Waals surface area contributed by atoms with Gasteiger partial charge < -0.3 is 31.9 Å². The molecule has 1 atom stereocenters. The van der Waals surface area contributed by atoms with Gasteiger partial charge >= 0.3 is 12.4 Å². The van der Waals surface area contributed by atoms with Gasteiger partial charge in [0.05, 0.1) is 0 Å². The van der Waals surface area contributed by atoms with E-state index in [-0.39, 0.29) is 60.1 Å². The van der Waals surface area contributed by atoms with E-state index in [0.717, 1.165) is 63.8 Å². The largest absolute Gasteiger partial charge is 0.421 e. The Morgan fingerprint density at radius 1 is 0.643 bits per heavy atom. The molecule has 8 rings (SSSR count). The van der Waals surface area contributed by atoms with E-state index in [0.29, 0.717) is 40.2 Å². The molecule has 294 valence electrons. The number of anilines is 8. The number of rotatable bonds is 9. The molecule has 2 aromatic heterocycles. The number of aryl methyl sites for hydroxylation is 1. The second-order valence-corrected chi connectivity index (χ2v) is 14.7. The quantitative estimate of drug-likeness (QED) is 0.0907. The summed E-state index contributed by atoms with van der Waals surface area (Å²) in [5, 5.41) is 17.7. The SMILES string of the molecule is O=C1CC(c2cc(Nc3nc(NC4CCCC4)ncc3C(F)(F)F)cc3c2NC(=O)CC3)c2cc(Nc3ncc(C(F)(F)F)c(NC4CCCC4)n3)ccc2N1. The Kier molecular flexibility index (Phi) is 9.82. The monoisotopic (exact) mass is 780 g/mol. The predicted octanol–water partition coefficient (Wildman–Crippen LogP) is 8.86. The van der Waals surface area contributed by atoms with Gasteiger partial charge in [-0.3, -0.25) is 9.59 Å². The number of amides is 2. The first kappa shape index (κ1) is 37.3. The molecule has 0 saturated heterocycles. The second-order valence-electron chi connectivity index (χ2n) is 14.7. The van der Waals surface area contributed by atoms with Crippen molar-refractivity contribution < 1.29 is 35.9 Å². The van der Waals surface area contributed by atoms with Crippen LogP contribution in [-0.2, 0) is 28.4 Å². The molecule has 2 fully saturated rings. The van der Waals surface area contributed by atoms with Crippen LogP contribution in [0.25, 0.3) is 0 Å². The molecule has 0 radical (unpaired) electrons. The molecule has 0 spiro atoms. The van der Waals surface area contributed by atoms with Crippen LogP contribution in [0.2, 0.25) is 0 Å². The van der Waals surface area contributed by atoms with Gasteiger partial charge in [0.1, 0.15) is 22.8 Å². The van der Waals surface area contributed by atoms with Gasteiger partial charge in [0, 0.05) is 66.0 Å². The molecule has 2 saturated carbocycles. The topological polar surface area (TPSA) is 158 Å². The minimum Gasteiger partial charge on any atom is -0.367 e. The van der Waals surface area contributed by atoms with Crippen molar-refractivity contribution in [3.8, 4) is 0 Å².